The lowest BCUT2D eigenvalue weighted by Crippen LogP contribution is -1.84. The van der Waals surface area contributed by atoms with Gasteiger partial charge in [0.2, 0.25) is 5.82 Å². The van der Waals surface area contributed by atoms with E-state index >= 15 is 0 Å². The zero-order valence-electron chi connectivity index (χ0n) is 11.2. The third-order valence-electron chi connectivity index (χ3n) is 3.28. The topological polar surface area (TPSA) is 38.9 Å². The molecular weight excluding hydrogens is 316 g/mol. The van der Waals surface area contributed by atoms with E-state index in [1.807, 2.05) is 30.3 Å². The number of nitrogens with zero attached hydrogens (tertiary/aromatic N) is 2. The minimum absolute atomic E-state index is 0.547. The standard InChI is InChI=1S/C16H13BrN2O/c1-10-3-4-13(9-11(10)2)16-18-15(19-20-16)12-5-7-14(17)8-6-12/h3-9H,1-2H3. The van der Waals surface area contributed by atoms with Gasteiger partial charge in [0.15, 0.2) is 0 Å². The first-order valence-corrected chi connectivity index (χ1v) is 7.10. The van der Waals surface area contributed by atoms with Gasteiger partial charge in [-0.05, 0) is 61.4 Å². The van der Waals surface area contributed by atoms with Crippen LogP contribution >= 0.6 is 15.9 Å². The highest BCUT2D eigenvalue weighted by molar-refractivity contribution is 9.10. The molecule has 1 aromatic heterocycles. The molecular formula is C16H13BrN2O. The summed E-state index contributed by atoms with van der Waals surface area (Å²) in [6.45, 7) is 4.16. The fourth-order valence-electron chi connectivity index (χ4n) is 1.93. The molecule has 3 aromatic rings. The molecule has 0 saturated heterocycles. The second kappa shape index (κ2) is 5.21. The number of aromatic nitrogens is 2. The van der Waals surface area contributed by atoms with Crippen LogP contribution in [0.25, 0.3) is 22.8 Å². The number of halogens is 1. The molecule has 100 valence electrons. The molecule has 0 N–H and O–H groups in total. The lowest BCUT2D eigenvalue weighted by atomic mass is 10.1. The van der Waals surface area contributed by atoms with Crippen LogP contribution in [0.3, 0.4) is 0 Å². The molecule has 4 heteroatoms. The first kappa shape index (κ1) is 13.1. The predicted octanol–water partition coefficient (Wildman–Crippen LogP) is 4.78. The number of aryl methyl sites for hydroxylation is 2. The van der Waals surface area contributed by atoms with E-state index < -0.39 is 0 Å². The summed E-state index contributed by atoms with van der Waals surface area (Å²) in [5.74, 6) is 1.15. The van der Waals surface area contributed by atoms with Crippen molar-refractivity contribution in [3.8, 4) is 22.8 Å². The Morgan fingerprint density at radius 1 is 0.900 bits per heavy atom. The normalized spacial score (nSPS) is 10.8. The van der Waals surface area contributed by atoms with E-state index in [1.54, 1.807) is 0 Å². The Balaban J connectivity index is 1.97. The summed E-state index contributed by atoms with van der Waals surface area (Å²) in [4.78, 5) is 4.46. The highest BCUT2D eigenvalue weighted by atomic mass is 79.9. The Morgan fingerprint density at radius 3 is 2.30 bits per heavy atom. The molecule has 0 spiro atoms. The number of hydrogen-bond donors (Lipinski definition) is 0. The number of rotatable bonds is 2. The van der Waals surface area contributed by atoms with Gasteiger partial charge in [0.05, 0.1) is 0 Å². The molecule has 3 nitrogen and oxygen atoms in total. The molecule has 1 heterocycles. The molecule has 2 aromatic carbocycles. The second-order valence-electron chi connectivity index (χ2n) is 4.73. The fraction of sp³-hybridized carbons (Fsp3) is 0.125. The zero-order valence-corrected chi connectivity index (χ0v) is 12.8. The van der Waals surface area contributed by atoms with Gasteiger partial charge in [0.25, 0.3) is 5.89 Å². The summed E-state index contributed by atoms with van der Waals surface area (Å²) in [5, 5.41) is 4.04. The van der Waals surface area contributed by atoms with Crippen LogP contribution < -0.4 is 0 Å². The van der Waals surface area contributed by atoms with Gasteiger partial charge in [-0.3, -0.25) is 0 Å². The van der Waals surface area contributed by atoms with Gasteiger partial charge >= 0.3 is 0 Å². The third-order valence-corrected chi connectivity index (χ3v) is 3.81. The summed E-state index contributed by atoms with van der Waals surface area (Å²) in [5.41, 5.74) is 4.35. The first-order chi connectivity index (χ1) is 9.63. The molecule has 0 saturated carbocycles. The van der Waals surface area contributed by atoms with E-state index in [9.17, 15) is 0 Å². The minimum atomic E-state index is 0.547. The van der Waals surface area contributed by atoms with Gasteiger partial charge in [-0.15, -0.1) is 0 Å². The van der Waals surface area contributed by atoms with Crippen molar-refractivity contribution in [2.75, 3.05) is 0 Å². The zero-order chi connectivity index (χ0) is 14.1. The highest BCUT2D eigenvalue weighted by Gasteiger charge is 2.11. The van der Waals surface area contributed by atoms with Crippen LogP contribution in [-0.2, 0) is 0 Å². The molecule has 0 unspecified atom stereocenters. The van der Waals surface area contributed by atoms with Crippen molar-refractivity contribution in [1.29, 1.82) is 0 Å². The van der Waals surface area contributed by atoms with Crippen LogP contribution in [0.15, 0.2) is 51.5 Å². The van der Waals surface area contributed by atoms with E-state index in [0.717, 1.165) is 15.6 Å². The SMILES string of the molecule is Cc1ccc(-c2nc(-c3ccc(Br)cc3)no2)cc1C. The van der Waals surface area contributed by atoms with Gasteiger partial charge in [0.1, 0.15) is 0 Å². The quantitative estimate of drug-likeness (QED) is 0.679. The van der Waals surface area contributed by atoms with Crippen molar-refractivity contribution in [2.24, 2.45) is 0 Å². The second-order valence-corrected chi connectivity index (χ2v) is 5.64. The average molecular weight is 329 g/mol. The Bertz CT molecular complexity index is 747. The van der Waals surface area contributed by atoms with Crippen LogP contribution in [0, 0.1) is 13.8 Å². The summed E-state index contributed by atoms with van der Waals surface area (Å²) < 4.78 is 6.38. The maximum atomic E-state index is 5.36. The van der Waals surface area contributed by atoms with Crippen LogP contribution in [0.1, 0.15) is 11.1 Å². The van der Waals surface area contributed by atoms with Crippen LogP contribution in [-0.4, -0.2) is 10.1 Å². The van der Waals surface area contributed by atoms with E-state index in [2.05, 4.69) is 52.1 Å². The lowest BCUT2D eigenvalue weighted by molar-refractivity contribution is 0.432. The van der Waals surface area contributed by atoms with Gasteiger partial charge in [-0.1, -0.05) is 27.2 Å². The van der Waals surface area contributed by atoms with Crippen LogP contribution in [0.4, 0.5) is 0 Å². The molecule has 0 aliphatic rings. The Labute approximate surface area is 125 Å². The van der Waals surface area contributed by atoms with Crippen LogP contribution in [0.2, 0.25) is 0 Å². The fourth-order valence-corrected chi connectivity index (χ4v) is 2.20. The molecule has 0 radical (unpaired) electrons. The molecule has 0 bridgehead atoms. The molecule has 20 heavy (non-hydrogen) atoms. The van der Waals surface area contributed by atoms with Crippen molar-refractivity contribution in [3.63, 3.8) is 0 Å². The monoisotopic (exact) mass is 328 g/mol. The maximum Gasteiger partial charge on any atom is 0.258 e. The molecule has 0 atom stereocenters. The van der Waals surface area contributed by atoms with E-state index in [-0.39, 0.29) is 0 Å². The molecule has 3 rings (SSSR count). The van der Waals surface area contributed by atoms with Gasteiger partial charge in [-0.25, -0.2) is 0 Å². The largest absolute Gasteiger partial charge is 0.334 e. The summed E-state index contributed by atoms with van der Waals surface area (Å²) in [6.07, 6.45) is 0. The minimum Gasteiger partial charge on any atom is -0.334 e. The number of benzene rings is 2. The van der Waals surface area contributed by atoms with E-state index in [0.29, 0.717) is 11.7 Å². The van der Waals surface area contributed by atoms with Crippen LogP contribution in [0.5, 0.6) is 0 Å². The Hall–Kier alpha value is -1.94. The highest BCUT2D eigenvalue weighted by Crippen LogP contribution is 2.24. The van der Waals surface area contributed by atoms with Crippen molar-refractivity contribution < 1.29 is 4.52 Å². The maximum absolute atomic E-state index is 5.36. The molecule has 0 amide bonds. The number of hydrogen-bond acceptors (Lipinski definition) is 3. The summed E-state index contributed by atoms with van der Waals surface area (Å²) in [7, 11) is 0. The van der Waals surface area contributed by atoms with Gasteiger partial charge < -0.3 is 4.52 Å². The third kappa shape index (κ3) is 2.51. The van der Waals surface area contributed by atoms with E-state index in [4.69, 9.17) is 4.52 Å². The predicted molar refractivity (Wildman–Crippen MR) is 82.3 cm³/mol. The average Bonchev–Trinajstić information content (AvgIpc) is 2.92. The van der Waals surface area contributed by atoms with Crippen molar-refractivity contribution in [2.45, 2.75) is 13.8 Å². The Morgan fingerprint density at radius 2 is 1.60 bits per heavy atom. The first-order valence-electron chi connectivity index (χ1n) is 6.31. The molecule has 0 aliphatic heterocycles. The Kier molecular flexibility index (Phi) is 3.40. The van der Waals surface area contributed by atoms with Crippen molar-refractivity contribution in [3.05, 3.63) is 58.1 Å². The van der Waals surface area contributed by atoms with Crippen molar-refractivity contribution >= 4 is 15.9 Å². The summed E-state index contributed by atoms with van der Waals surface area (Å²) >= 11 is 3.41. The smallest absolute Gasteiger partial charge is 0.258 e. The van der Waals surface area contributed by atoms with Gasteiger partial charge in [-0.2, -0.15) is 4.98 Å². The van der Waals surface area contributed by atoms with Crippen molar-refractivity contribution in [1.82, 2.24) is 10.1 Å². The molecule has 0 fully saturated rings. The van der Waals surface area contributed by atoms with Gasteiger partial charge in [0, 0.05) is 15.6 Å². The summed E-state index contributed by atoms with van der Waals surface area (Å²) in [6, 6.07) is 14.0. The van der Waals surface area contributed by atoms with E-state index in [1.165, 1.54) is 11.1 Å². The lowest BCUT2D eigenvalue weighted by Gasteiger charge is -2.00. The molecule has 0 aliphatic carbocycles.